The molecule has 0 radical (unpaired) electrons. The van der Waals surface area contributed by atoms with E-state index in [1.54, 1.807) is 6.92 Å². The lowest BCUT2D eigenvalue weighted by molar-refractivity contribution is 0.101. The van der Waals surface area contributed by atoms with Gasteiger partial charge in [-0.2, -0.15) is 0 Å². The van der Waals surface area contributed by atoms with E-state index in [2.05, 4.69) is 12.1 Å². The summed E-state index contributed by atoms with van der Waals surface area (Å²) in [7, 11) is 0. The molecule has 0 amide bonds. The summed E-state index contributed by atoms with van der Waals surface area (Å²) in [5.41, 5.74) is 0.647. The fourth-order valence-corrected chi connectivity index (χ4v) is 1.80. The summed E-state index contributed by atoms with van der Waals surface area (Å²) in [4.78, 5) is 11.2. The van der Waals surface area contributed by atoms with E-state index in [4.69, 9.17) is 4.52 Å². The molecule has 1 aromatic heterocycles. The van der Waals surface area contributed by atoms with Crippen LogP contribution in [0.1, 0.15) is 68.5 Å². The van der Waals surface area contributed by atoms with Crippen LogP contribution in [-0.2, 0) is 6.42 Å². The van der Waals surface area contributed by atoms with Crippen LogP contribution in [0, 0.1) is 0 Å². The zero-order valence-electron chi connectivity index (χ0n) is 10.3. The van der Waals surface area contributed by atoms with E-state index in [0.29, 0.717) is 5.56 Å². The van der Waals surface area contributed by atoms with Crippen molar-refractivity contribution in [3.63, 3.8) is 0 Å². The molecule has 0 aromatic carbocycles. The minimum atomic E-state index is 0.0437. The number of aryl methyl sites for hydroxylation is 1. The average molecular weight is 223 g/mol. The van der Waals surface area contributed by atoms with Crippen molar-refractivity contribution in [2.24, 2.45) is 0 Å². The quantitative estimate of drug-likeness (QED) is 0.497. The summed E-state index contributed by atoms with van der Waals surface area (Å²) in [6.45, 7) is 3.77. The van der Waals surface area contributed by atoms with Crippen LogP contribution in [0.5, 0.6) is 0 Å². The predicted molar refractivity (Wildman–Crippen MR) is 63.6 cm³/mol. The van der Waals surface area contributed by atoms with Crippen molar-refractivity contribution < 1.29 is 9.32 Å². The Morgan fingerprint density at radius 3 is 2.62 bits per heavy atom. The summed E-state index contributed by atoms with van der Waals surface area (Å²) >= 11 is 0. The van der Waals surface area contributed by atoms with E-state index >= 15 is 0 Å². The van der Waals surface area contributed by atoms with Crippen LogP contribution >= 0.6 is 0 Å². The smallest absolute Gasteiger partial charge is 0.164 e. The largest absolute Gasteiger partial charge is 0.361 e. The Balaban J connectivity index is 2.21. The maximum atomic E-state index is 11.2. The van der Waals surface area contributed by atoms with Crippen molar-refractivity contribution in [3.05, 3.63) is 17.5 Å². The van der Waals surface area contributed by atoms with Crippen molar-refractivity contribution in [1.82, 2.24) is 5.16 Å². The monoisotopic (exact) mass is 223 g/mol. The Hall–Kier alpha value is -1.12. The Labute approximate surface area is 97.2 Å². The molecule has 90 valence electrons. The van der Waals surface area contributed by atoms with E-state index in [9.17, 15) is 4.79 Å². The van der Waals surface area contributed by atoms with Crippen LogP contribution in [0.4, 0.5) is 0 Å². The second kappa shape index (κ2) is 7.20. The third kappa shape index (κ3) is 4.17. The van der Waals surface area contributed by atoms with Gasteiger partial charge in [-0.3, -0.25) is 4.79 Å². The van der Waals surface area contributed by atoms with Crippen LogP contribution < -0.4 is 0 Å². The minimum Gasteiger partial charge on any atom is -0.361 e. The first kappa shape index (κ1) is 12.9. The molecular formula is C13H21NO2. The molecule has 0 N–H and O–H groups in total. The normalized spacial score (nSPS) is 10.6. The second-order valence-electron chi connectivity index (χ2n) is 4.24. The van der Waals surface area contributed by atoms with E-state index in [0.717, 1.165) is 18.6 Å². The first-order valence-corrected chi connectivity index (χ1v) is 6.20. The fourth-order valence-electron chi connectivity index (χ4n) is 1.80. The highest BCUT2D eigenvalue weighted by atomic mass is 16.5. The summed E-state index contributed by atoms with van der Waals surface area (Å²) in [6, 6.07) is 0. The molecule has 0 unspecified atom stereocenters. The van der Waals surface area contributed by atoms with Crippen molar-refractivity contribution in [2.75, 3.05) is 0 Å². The van der Waals surface area contributed by atoms with Crippen LogP contribution in [0.3, 0.4) is 0 Å². The molecular weight excluding hydrogens is 202 g/mol. The van der Waals surface area contributed by atoms with Gasteiger partial charge in [0, 0.05) is 6.42 Å². The average Bonchev–Trinajstić information content (AvgIpc) is 2.71. The Morgan fingerprint density at radius 1 is 1.25 bits per heavy atom. The van der Waals surface area contributed by atoms with Gasteiger partial charge in [-0.25, -0.2) is 0 Å². The van der Waals surface area contributed by atoms with Crippen LogP contribution in [-0.4, -0.2) is 10.9 Å². The Morgan fingerprint density at radius 2 is 1.94 bits per heavy atom. The SMILES string of the molecule is CCCCCCCCc1oncc1C(C)=O. The second-order valence-corrected chi connectivity index (χ2v) is 4.24. The van der Waals surface area contributed by atoms with E-state index in [1.165, 1.54) is 38.3 Å². The highest BCUT2D eigenvalue weighted by molar-refractivity contribution is 5.94. The molecule has 0 aliphatic rings. The Bertz CT molecular complexity index is 317. The molecule has 0 spiro atoms. The zero-order valence-corrected chi connectivity index (χ0v) is 10.3. The summed E-state index contributed by atoms with van der Waals surface area (Å²) in [6.07, 6.45) is 9.83. The minimum absolute atomic E-state index is 0.0437. The molecule has 3 nitrogen and oxygen atoms in total. The van der Waals surface area contributed by atoms with Crippen molar-refractivity contribution in [3.8, 4) is 0 Å². The van der Waals surface area contributed by atoms with Crippen LogP contribution in [0.25, 0.3) is 0 Å². The third-order valence-corrected chi connectivity index (χ3v) is 2.78. The third-order valence-electron chi connectivity index (χ3n) is 2.78. The van der Waals surface area contributed by atoms with E-state index in [1.807, 2.05) is 0 Å². The van der Waals surface area contributed by atoms with Gasteiger partial charge in [-0.05, 0) is 13.3 Å². The number of hydrogen-bond acceptors (Lipinski definition) is 3. The molecule has 1 aromatic rings. The van der Waals surface area contributed by atoms with E-state index < -0.39 is 0 Å². The number of Topliss-reactive ketones (excluding diaryl/α,β-unsaturated/α-hetero) is 1. The molecule has 0 bridgehead atoms. The number of nitrogens with zero attached hydrogens (tertiary/aromatic N) is 1. The van der Waals surface area contributed by atoms with Gasteiger partial charge in [0.2, 0.25) is 0 Å². The van der Waals surface area contributed by atoms with Gasteiger partial charge < -0.3 is 4.52 Å². The van der Waals surface area contributed by atoms with Crippen molar-refractivity contribution in [2.45, 2.75) is 58.8 Å². The van der Waals surface area contributed by atoms with Gasteiger partial charge in [-0.15, -0.1) is 0 Å². The number of ketones is 1. The van der Waals surface area contributed by atoms with Gasteiger partial charge in [0.25, 0.3) is 0 Å². The first-order chi connectivity index (χ1) is 7.75. The Kier molecular flexibility index (Phi) is 5.83. The molecule has 1 rings (SSSR count). The first-order valence-electron chi connectivity index (χ1n) is 6.20. The van der Waals surface area contributed by atoms with Gasteiger partial charge >= 0.3 is 0 Å². The number of hydrogen-bond donors (Lipinski definition) is 0. The molecule has 0 aliphatic carbocycles. The lowest BCUT2D eigenvalue weighted by Crippen LogP contribution is -1.95. The maximum absolute atomic E-state index is 11.2. The predicted octanol–water partition coefficient (Wildman–Crippen LogP) is 3.78. The van der Waals surface area contributed by atoms with Gasteiger partial charge in [0.05, 0.1) is 11.8 Å². The standard InChI is InChI=1S/C13H21NO2/c1-3-4-5-6-7-8-9-13-12(11(2)15)10-14-16-13/h10H,3-9H2,1-2H3. The molecule has 0 fully saturated rings. The molecule has 16 heavy (non-hydrogen) atoms. The number of rotatable bonds is 8. The molecule has 0 saturated carbocycles. The molecule has 0 saturated heterocycles. The van der Waals surface area contributed by atoms with Crippen molar-refractivity contribution in [1.29, 1.82) is 0 Å². The van der Waals surface area contributed by atoms with Gasteiger partial charge in [-0.1, -0.05) is 44.2 Å². The maximum Gasteiger partial charge on any atom is 0.164 e. The van der Waals surface area contributed by atoms with Crippen molar-refractivity contribution >= 4 is 5.78 Å². The summed E-state index contributed by atoms with van der Waals surface area (Å²) < 4.78 is 5.08. The molecule has 0 aliphatic heterocycles. The lowest BCUT2D eigenvalue weighted by Gasteiger charge is -1.99. The molecule has 0 atom stereocenters. The fraction of sp³-hybridized carbons (Fsp3) is 0.692. The number of carbonyl (C=O) groups is 1. The highest BCUT2D eigenvalue weighted by Gasteiger charge is 2.11. The van der Waals surface area contributed by atoms with E-state index in [-0.39, 0.29) is 5.78 Å². The number of carbonyl (C=O) groups excluding carboxylic acids is 1. The van der Waals surface area contributed by atoms with Gasteiger partial charge in [0.1, 0.15) is 5.76 Å². The number of aromatic nitrogens is 1. The van der Waals surface area contributed by atoms with Crippen LogP contribution in [0.2, 0.25) is 0 Å². The lowest BCUT2D eigenvalue weighted by atomic mass is 10.1. The zero-order chi connectivity index (χ0) is 11.8. The molecule has 1 heterocycles. The summed E-state index contributed by atoms with van der Waals surface area (Å²) in [5.74, 6) is 0.797. The summed E-state index contributed by atoms with van der Waals surface area (Å²) in [5, 5.41) is 3.68. The highest BCUT2D eigenvalue weighted by Crippen LogP contribution is 2.14. The van der Waals surface area contributed by atoms with Crippen LogP contribution in [0.15, 0.2) is 10.7 Å². The topological polar surface area (TPSA) is 43.1 Å². The van der Waals surface area contributed by atoms with Gasteiger partial charge in [0.15, 0.2) is 5.78 Å². The molecule has 3 heteroatoms. The number of unbranched alkanes of at least 4 members (excludes halogenated alkanes) is 5.